The minimum absolute atomic E-state index is 0.352. The zero-order chi connectivity index (χ0) is 17.7. The fourth-order valence-electron chi connectivity index (χ4n) is 1.82. The number of anilines is 1. The van der Waals surface area contributed by atoms with Crippen LogP contribution in [0, 0.1) is 0 Å². The van der Waals surface area contributed by atoms with Crippen LogP contribution in [-0.2, 0) is 4.79 Å². The van der Waals surface area contributed by atoms with E-state index in [4.69, 9.17) is 0 Å². The van der Waals surface area contributed by atoms with Gasteiger partial charge in [0.25, 0.3) is 0 Å². The van der Waals surface area contributed by atoms with E-state index in [2.05, 4.69) is 26.1 Å². The van der Waals surface area contributed by atoms with Crippen molar-refractivity contribution in [3.63, 3.8) is 0 Å². The first-order valence-corrected chi connectivity index (χ1v) is 8.35. The van der Waals surface area contributed by atoms with Gasteiger partial charge in [-0.1, -0.05) is 41.7 Å². The van der Waals surface area contributed by atoms with Crippen LogP contribution in [0.1, 0.15) is 27.7 Å². The Morgan fingerprint density at radius 2 is 1.79 bits per heavy atom. The summed E-state index contributed by atoms with van der Waals surface area (Å²) >= 11 is 1.28. The molecule has 1 heterocycles. The Balaban J connectivity index is 1.92. The summed E-state index contributed by atoms with van der Waals surface area (Å²) in [4.78, 5) is 23.9. The van der Waals surface area contributed by atoms with Gasteiger partial charge in [0.05, 0.1) is 0 Å². The van der Waals surface area contributed by atoms with E-state index in [9.17, 15) is 9.59 Å². The molecule has 128 valence electrons. The van der Waals surface area contributed by atoms with Gasteiger partial charge in [0, 0.05) is 11.1 Å². The van der Waals surface area contributed by atoms with E-state index in [0.717, 1.165) is 10.6 Å². The van der Waals surface area contributed by atoms with Gasteiger partial charge in [0.2, 0.25) is 11.0 Å². The number of aromatic nitrogens is 2. The molecule has 0 bridgehead atoms. The summed E-state index contributed by atoms with van der Waals surface area (Å²) in [5, 5.41) is 17.1. The number of amides is 3. The Kier molecular flexibility index (Phi) is 5.50. The number of nitrogens with zero attached hydrogens (tertiary/aromatic N) is 2. The lowest BCUT2D eigenvalue weighted by Gasteiger charge is -2.22. The highest BCUT2D eigenvalue weighted by atomic mass is 32.1. The predicted molar refractivity (Wildman–Crippen MR) is 94.9 cm³/mol. The molecule has 0 aliphatic carbocycles. The molecule has 1 aromatic heterocycles. The molecule has 0 saturated heterocycles. The Labute approximate surface area is 144 Å². The van der Waals surface area contributed by atoms with Crippen molar-refractivity contribution in [2.75, 3.05) is 5.32 Å². The fourth-order valence-corrected chi connectivity index (χ4v) is 2.58. The number of benzene rings is 1. The molecular weight excluding hydrogens is 326 g/mol. The molecule has 0 radical (unpaired) electrons. The Bertz CT molecular complexity index is 709. The Morgan fingerprint density at radius 3 is 2.42 bits per heavy atom. The molecule has 2 rings (SSSR count). The molecule has 3 amide bonds. The average molecular weight is 347 g/mol. The molecule has 24 heavy (non-hydrogen) atoms. The topological polar surface area (TPSA) is 96.0 Å². The summed E-state index contributed by atoms with van der Waals surface area (Å²) in [6, 6.07) is 8.50. The number of rotatable bonds is 4. The first-order chi connectivity index (χ1) is 11.2. The molecule has 0 spiro atoms. The first kappa shape index (κ1) is 17.9. The van der Waals surface area contributed by atoms with Crippen LogP contribution in [0.2, 0.25) is 0 Å². The van der Waals surface area contributed by atoms with Gasteiger partial charge >= 0.3 is 6.03 Å². The van der Waals surface area contributed by atoms with Crippen LogP contribution >= 0.6 is 11.3 Å². The Hall–Kier alpha value is -2.48. The summed E-state index contributed by atoms with van der Waals surface area (Å²) < 4.78 is 0. The van der Waals surface area contributed by atoms with Gasteiger partial charge in [-0.25, -0.2) is 4.79 Å². The number of nitrogens with one attached hydrogen (secondary N) is 3. The zero-order valence-electron chi connectivity index (χ0n) is 14.1. The molecule has 3 N–H and O–H groups in total. The van der Waals surface area contributed by atoms with Crippen molar-refractivity contribution in [3.05, 3.63) is 30.3 Å². The zero-order valence-corrected chi connectivity index (χ0v) is 14.9. The van der Waals surface area contributed by atoms with Gasteiger partial charge in [0.1, 0.15) is 11.0 Å². The Morgan fingerprint density at radius 1 is 1.12 bits per heavy atom. The van der Waals surface area contributed by atoms with Crippen LogP contribution in [0.25, 0.3) is 10.6 Å². The lowest BCUT2D eigenvalue weighted by atomic mass is 10.1. The number of urea groups is 1. The van der Waals surface area contributed by atoms with E-state index >= 15 is 0 Å². The average Bonchev–Trinajstić information content (AvgIpc) is 2.94. The largest absolute Gasteiger partial charge is 0.334 e. The van der Waals surface area contributed by atoms with E-state index in [1.165, 1.54) is 11.3 Å². The lowest BCUT2D eigenvalue weighted by molar-refractivity contribution is -0.117. The van der Waals surface area contributed by atoms with Crippen LogP contribution in [-0.4, -0.2) is 33.7 Å². The summed E-state index contributed by atoms with van der Waals surface area (Å²) in [6.07, 6.45) is 0. The minimum Gasteiger partial charge on any atom is -0.334 e. The van der Waals surface area contributed by atoms with E-state index in [-0.39, 0.29) is 11.4 Å². The molecule has 0 aliphatic rings. The number of hydrogen-bond acceptors (Lipinski definition) is 5. The molecule has 0 saturated carbocycles. The summed E-state index contributed by atoms with van der Waals surface area (Å²) in [7, 11) is 0. The second-order valence-electron chi connectivity index (χ2n) is 6.34. The normalized spacial score (nSPS) is 12.3. The monoisotopic (exact) mass is 347 g/mol. The van der Waals surface area contributed by atoms with Crippen molar-refractivity contribution in [1.29, 1.82) is 0 Å². The van der Waals surface area contributed by atoms with Gasteiger partial charge in [-0.2, -0.15) is 0 Å². The van der Waals surface area contributed by atoms with Gasteiger partial charge in [0.15, 0.2) is 0 Å². The molecule has 8 heteroatoms. The highest BCUT2D eigenvalue weighted by Crippen LogP contribution is 2.25. The van der Waals surface area contributed by atoms with Crippen molar-refractivity contribution in [2.45, 2.75) is 39.3 Å². The van der Waals surface area contributed by atoms with Crippen LogP contribution in [0.15, 0.2) is 30.3 Å². The van der Waals surface area contributed by atoms with Gasteiger partial charge in [-0.3, -0.25) is 10.1 Å². The van der Waals surface area contributed by atoms with Crippen LogP contribution < -0.4 is 16.0 Å². The smallest absolute Gasteiger partial charge is 0.315 e. The molecule has 0 fully saturated rings. The second-order valence-corrected chi connectivity index (χ2v) is 7.32. The third-order valence-electron chi connectivity index (χ3n) is 2.91. The molecular formula is C16H21N5O2S. The van der Waals surface area contributed by atoms with E-state index in [0.29, 0.717) is 5.13 Å². The first-order valence-electron chi connectivity index (χ1n) is 7.53. The minimum atomic E-state index is -0.698. The summed E-state index contributed by atoms with van der Waals surface area (Å²) in [6.45, 7) is 7.20. The molecule has 2 aromatic rings. The van der Waals surface area contributed by atoms with E-state index < -0.39 is 12.1 Å². The third kappa shape index (κ3) is 5.31. The number of carbonyl (C=O) groups is 2. The molecule has 7 nitrogen and oxygen atoms in total. The van der Waals surface area contributed by atoms with Crippen LogP contribution in [0.5, 0.6) is 0 Å². The highest BCUT2D eigenvalue weighted by molar-refractivity contribution is 7.18. The van der Waals surface area contributed by atoms with Crippen molar-refractivity contribution in [2.24, 2.45) is 0 Å². The van der Waals surface area contributed by atoms with Crippen molar-refractivity contribution < 1.29 is 9.59 Å². The van der Waals surface area contributed by atoms with Gasteiger partial charge in [-0.05, 0) is 27.7 Å². The molecule has 0 unspecified atom stereocenters. The van der Waals surface area contributed by atoms with Crippen LogP contribution in [0.4, 0.5) is 9.93 Å². The number of carbonyl (C=O) groups excluding carboxylic acids is 2. The summed E-state index contributed by atoms with van der Waals surface area (Å²) in [5.41, 5.74) is 0.565. The van der Waals surface area contributed by atoms with E-state index in [1.807, 2.05) is 51.1 Å². The molecule has 1 atom stereocenters. The van der Waals surface area contributed by atoms with E-state index in [1.54, 1.807) is 6.92 Å². The lowest BCUT2D eigenvalue weighted by Crippen LogP contribution is -2.51. The molecule has 1 aromatic carbocycles. The second kappa shape index (κ2) is 7.39. The molecule has 0 aliphatic heterocycles. The maximum absolute atomic E-state index is 12.1. The fraction of sp³-hybridized carbons (Fsp3) is 0.375. The van der Waals surface area contributed by atoms with Crippen LogP contribution in [0.3, 0.4) is 0 Å². The van der Waals surface area contributed by atoms with Crippen molar-refractivity contribution in [3.8, 4) is 10.6 Å². The van der Waals surface area contributed by atoms with Gasteiger partial charge in [-0.15, -0.1) is 10.2 Å². The number of hydrogen-bond donors (Lipinski definition) is 3. The van der Waals surface area contributed by atoms with Gasteiger partial charge < -0.3 is 10.6 Å². The highest BCUT2D eigenvalue weighted by Gasteiger charge is 2.20. The maximum atomic E-state index is 12.1. The third-order valence-corrected chi connectivity index (χ3v) is 3.79. The maximum Gasteiger partial charge on any atom is 0.315 e. The standard InChI is InChI=1S/C16H21N5O2S/c1-10(17-14(23)19-16(2,3)4)12(22)18-15-21-20-13(24-15)11-8-6-5-7-9-11/h5-10H,1-4H3,(H2,17,19,23)(H,18,21,22)/t10-/m1/s1. The quantitative estimate of drug-likeness (QED) is 0.792. The predicted octanol–water partition coefficient (Wildman–Crippen LogP) is 2.63. The summed E-state index contributed by atoms with van der Waals surface area (Å²) in [5.74, 6) is -0.352. The SMILES string of the molecule is C[C@@H](NC(=O)NC(C)(C)C)C(=O)Nc1nnc(-c2ccccc2)s1. The van der Waals surface area contributed by atoms with Crippen molar-refractivity contribution in [1.82, 2.24) is 20.8 Å². The van der Waals surface area contributed by atoms with Crippen molar-refractivity contribution >= 4 is 28.4 Å².